The Bertz CT molecular complexity index is 587. The summed E-state index contributed by atoms with van der Waals surface area (Å²) in [7, 11) is 0. The van der Waals surface area contributed by atoms with Crippen LogP contribution in [0, 0.1) is 12.8 Å². The first-order valence-corrected chi connectivity index (χ1v) is 7.78. The van der Waals surface area contributed by atoms with Crippen LogP contribution >= 0.6 is 0 Å². The zero-order chi connectivity index (χ0) is 14.7. The third kappa shape index (κ3) is 3.23. The maximum atomic E-state index is 5.27. The predicted octanol–water partition coefficient (Wildman–Crippen LogP) is 3.82. The van der Waals surface area contributed by atoms with Crippen LogP contribution in [0.15, 0.2) is 22.9 Å². The van der Waals surface area contributed by atoms with Gasteiger partial charge in [-0.3, -0.25) is 0 Å². The molecule has 0 amide bonds. The number of rotatable bonds is 4. The Balaban J connectivity index is 1.74. The summed E-state index contributed by atoms with van der Waals surface area (Å²) in [6, 6.07) is 4.36. The van der Waals surface area contributed by atoms with Crippen molar-refractivity contribution < 1.29 is 4.52 Å². The van der Waals surface area contributed by atoms with Crippen LogP contribution in [0.4, 0.5) is 5.82 Å². The number of nitrogens with one attached hydrogen (secondary N) is 1. The second kappa shape index (κ2) is 6.24. The van der Waals surface area contributed by atoms with Gasteiger partial charge in [0.2, 0.25) is 0 Å². The van der Waals surface area contributed by atoms with Gasteiger partial charge in [0.25, 0.3) is 5.89 Å². The fourth-order valence-corrected chi connectivity index (χ4v) is 3.01. The molecule has 0 bridgehead atoms. The highest BCUT2D eigenvalue weighted by Gasteiger charge is 2.21. The van der Waals surface area contributed by atoms with E-state index >= 15 is 0 Å². The maximum absolute atomic E-state index is 5.27. The van der Waals surface area contributed by atoms with Gasteiger partial charge in [-0.25, -0.2) is 4.98 Å². The van der Waals surface area contributed by atoms with Crippen LogP contribution in [0.25, 0.3) is 11.5 Å². The van der Waals surface area contributed by atoms with E-state index in [0.717, 1.165) is 17.3 Å². The molecule has 0 spiro atoms. The smallest absolute Gasteiger partial charge is 0.261 e. The van der Waals surface area contributed by atoms with Crippen molar-refractivity contribution >= 4 is 5.82 Å². The molecule has 1 aliphatic rings. The van der Waals surface area contributed by atoms with Crippen molar-refractivity contribution in [2.24, 2.45) is 5.92 Å². The van der Waals surface area contributed by atoms with Crippen LogP contribution in [0.3, 0.4) is 0 Å². The van der Waals surface area contributed by atoms with Crippen molar-refractivity contribution in [3.63, 3.8) is 0 Å². The number of aromatic nitrogens is 3. The molecule has 0 saturated heterocycles. The molecule has 1 aliphatic carbocycles. The van der Waals surface area contributed by atoms with Gasteiger partial charge in [-0.15, -0.1) is 0 Å². The lowest BCUT2D eigenvalue weighted by atomic mass is 9.84. The lowest BCUT2D eigenvalue weighted by Gasteiger charge is -2.29. The zero-order valence-corrected chi connectivity index (χ0v) is 12.7. The monoisotopic (exact) mass is 286 g/mol. The van der Waals surface area contributed by atoms with Gasteiger partial charge in [0.15, 0.2) is 5.82 Å². The Morgan fingerprint density at radius 2 is 2.10 bits per heavy atom. The summed E-state index contributed by atoms with van der Waals surface area (Å²) in [4.78, 5) is 8.76. The SMILES string of the molecule is CCC1CCC(Nc2ncccc2-c2nc(C)no2)CC1. The van der Waals surface area contributed by atoms with E-state index in [2.05, 4.69) is 27.4 Å². The van der Waals surface area contributed by atoms with Gasteiger partial charge in [-0.2, -0.15) is 4.98 Å². The predicted molar refractivity (Wildman–Crippen MR) is 81.9 cm³/mol. The zero-order valence-electron chi connectivity index (χ0n) is 12.7. The van der Waals surface area contributed by atoms with E-state index in [-0.39, 0.29) is 0 Å². The quantitative estimate of drug-likeness (QED) is 0.925. The molecule has 3 rings (SSSR count). The molecule has 2 heterocycles. The normalized spacial score (nSPS) is 22.2. The van der Waals surface area contributed by atoms with Crippen LogP contribution in [0.2, 0.25) is 0 Å². The van der Waals surface area contributed by atoms with E-state index in [4.69, 9.17) is 4.52 Å². The van der Waals surface area contributed by atoms with Crippen LogP contribution in [-0.4, -0.2) is 21.2 Å². The Hall–Kier alpha value is -1.91. The number of nitrogens with zero attached hydrogens (tertiary/aromatic N) is 3. The van der Waals surface area contributed by atoms with Crippen LogP contribution in [0.1, 0.15) is 44.9 Å². The first-order chi connectivity index (χ1) is 10.3. The molecule has 5 heteroatoms. The third-order valence-electron chi connectivity index (χ3n) is 4.33. The summed E-state index contributed by atoms with van der Waals surface area (Å²) < 4.78 is 5.27. The lowest BCUT2D eigenvalue weighted by Crippen LogP contribution is -2.26. The number of pyridine rings is 1. The summed E-state index contributed by atoms with van der Waals surface area (Å²) in [6.45, 7) is 4.11. The number of hydrogen-bond acceptors (Lipinski definition) is 5. The number of hydrogen-bond donors (Lipinski definition) is 1. The van der Waals surface area contributed by atoms with Gasteiger partial charge >= 0.3 is 0 Å². The fourth-order valence-electron chi connectivity index (χ4n) is 3.01. The Kier molecular flexibility index (Phi) is 4.18. The molecule has 5 nitrogen and oxygen atoms in total. The Morgan fingerprint density at radius 3 is 2.76 bits per heavy atom. The molecule has 21 heavy (non-hydrogen) atoms. The second-order valence-corrected chi connectivity index (χ2v) is 5.82. The first-order valence-electron chi connectivity index (χ1n) is 7.78. The number of aryl methyl sites for hydroxylation is 1. The molecule has 1 saturated carbocycles. The molecule has 0 aliphatic heterocycles. The molecular formula is C16H22N4O. The highest BCUT2D eigenvalue weighted by molar-refractivity contribution is 5.68. The molecular weight excluding hydrogens is 264 g/mol. The molecule has 0 unspecified atom stereocenters. The maximum Gasteiger partial charge on any atom is 0.261 e. The third-order valence-corrected chi connectivity index (χ3v) is 4.33. The molecule has 2 aromatic rings. The van der Waals surface area contributed by atoms with Crippen molar-refractivity contribution in [2.75, 3.05) is 5.32 Å². The summed E-state index contributed by atoms with van der Waals surface area (Å²) in [5.74, 6) is 2.92. The molecule has 1 N–H and O–H groups in total. The van der Waals surface area contributed by atoms with Crippen LogP contribution < -0.4 is 5.32 Å². The van der Waals surface area contributed by atoms with Crippen molar-refractivity contribution in [1.82, 2.24) is 15.1 Å². The summed E-state index contributed by atoms with van der Waals surface area (Å²) in [6.07, 6.45) is 8.11. The second-order valence-electron chi connectivity index (χ2n) is 5.82. The van der Waals surface area contributed by atoms with Crippen LogP contribution in [-0.2, 0) is 0 Å². The van der Waals surface area contributed by atoms with Crippen molar-refractivity contribution in [1.29, 1.82) is 0 Å². The summed E-state index contributed by atoms with van der Waals surface area (Å²) in [5, 5.41) is 7.42. The fraction of sp³-hybridized carbons (Fsp3) is 0.562. The number of anilines is 1. The van der Waals surface area contributed by atoms with E-state index in [0.29, 0.717) is 17.8 Å². The highest BCUT2D eigenvalue weighted by Crippen LogP contribution is 2.30. The van der Waals surface area contributed by atoms with E-state index < -0.39 is 0 Å². The average Bonchev–Trinajstić information content (AvgIpc) is 2.95. The standard InChI is InChI=1S/C16H22N4O/c1-3-12-6-8-13(9-7-12)19-15-14(5-4-10-17-15)16-18-11(2)20-21-16/h4-5,10,12-13H,3,6-9H2,1-2H3,(H,17,19). The Labute approximate surface area is 125 Å². The first kappa shape index (κ1) is 14.0. The van der Waals surface area contributed by atoms with Crippen LogP contribution in [0.5, 0.6) is 0 Å². The average molecular weight is 286 g/mol. The lowest BCUT2D eigenvalue weighted by molar-refractivity contribution is 0.330. The van der Waals surface area contributed by atoms with Crippen molar-refractivity contribution in [3.8, 4) is 11.5 Å². The largest absolute Gasteiger partial charge is 0.367 e. The van der Waals surface area contributed by atoms with E-state index in [1.165, 1.54) is 32.1 Å². The van der Waals surface area contributed by atoms with E-state index in [1.807, 2.05) is 19.1 Å². The van der Waals surface area contributed by atoms with E-state index in [9.17, 15) is 0 Å². The summed E-state index contributed by atoms with van der Waals surface area (Å²) in [5.41, 5.74) is 0.885. The topological polar surface area (TPSA) is 63.8 Å². The van der Waals surface area contributed by atoms with Gasteiger partial charge < -0.3 is 9.84 Å². The van der Waals surface area contributed by atoms with Gasteiger partial charge in [-0.1, -0.05) is 18.5 Å². The van der Waals surface area contributed by atoms with Gasteiger partial charge in [0.05, 0.1) is 5.56 Å². The molecule has 1 fully saturated rings. The van der Waals surface area contributed by atoms with Crippen molar-refractivity contribution in [3.05, 3.63) is 24.2 Å². The van der Waals surface area contributed by atoms with Gasteiger partial charge in [0, 0.05) is 12.2 Å². The molecule has 112 valence electrons. The summed E-state index contributed by atoms with van der Waals surface area (Å²) >= 11 is 0. The van der Waals surface area contributed by atoms with Crippen molar-refractivity contribution in [2.45, 2.75) is 52.0 Å². The van der Waals surface area contributed by atoms with E-state index in [1.54, 1.807) is 6.20 Å². The minimum atomic E-state index is 0.491. The molecule has 2 aromatic heterocycles. The molecule has 0 aromatic carbocycles. The minimum absolute atomic E-state index is 0.491. The molecule has 0 radical (unpaired) electrons. The highest BCUT2D eigenvalue weighted by atomic mass is 16.5. The van der Waals surface area contributed by atoms with Gasteiger partial charge in [-0.05, 0) is 50.7 Å². The molecule has 0 atom stereocenters. The van der Waals surface area contributed by atoms with Gasteiger partial charge in [0.1, 0.15) is 5.82 Å². The minimum Gasteiger partial charge on any atom is -0.367 e. The Morgan fingerprint density at radius 1 is 1.29 bits per heavy atom.